The fourth-order valence-electron chi connectivity index (χ4n) is 5.99. The standard InChI is InChI=1S/C27H32FN4O3/c1-19(33)26-27(21-7-4-3-5-8-21,11-6-12-30-13-15-31(16-14-30)20(2)34)25-18-35-24-10-9-22(28)17-23(24)32(25)29-26/h3-5,7-10,17,25-26H,6,11-16,18H2,1-2H3/q+1/t25-,26?,27+/m0/s1. The van der Waals surface area contributed by atoms with E-state index in [4.69, 9.17) is 9.85 Å². The lowest BCUT2D eigenvalue weighted by atomic mass is 9.65. The van der Waals surface area contributed by atoms with Gasteiger partial charge in [-0.25, -0.2) is 4.39 Å². The second kappa shape index (κ2) is 9.49. The number of ether oxygens (including phenoxy) is 1. The number of carbonyl (C=O) groups excluding carboxylic acids is 2. The van der Waals surface area contributed by atoms with Gasteiger partial charge in [0.15, 0.2) is 24.2 Å². The van der Waals surface area contributed by atoms with Crippen LogP contribution in [0.5, 0.6) is 5.75 Å². The van der Waals surface area contributed by atoms with Gasteiger partial charge in [-0.1, -0.05) is 35.0 Å². The summed E-state index contributed by atoms with van der Waals surface area (Å²) in [6.45, 7) is 7.66. The number of hydrogen-bond donors (Lipinski definition) is 0. The summed E-state index contributed by atoms with van der Waals surface area (Å²) >= 11 is 0. The van der Waals surface area contributed by atoms with Crippen molar-refractivity contribution in [2.24, 2.45) is 5.11 Å². The highest BCUT2D eigenvalue weighted by Crippen LogP contribution is 2.49. The third-order valence-electron chi connectivity index (χ3n) is 7.76. The normalized spacial score (nSPS) is 25.9. The summed E-state index contributed by atoms with van der Waals surface area (Å²) < 4.78 is 22.1. The Morgan fingerprint density at radius 1 is 1.11 bits per heavy atom. The molecule has 1 saturated heterocycles. The number of nitrogens with zero attached hydrogens (tertiary/aromatic N) is 4. The summed E-state index contributed by atoms with van der Waals surface area (Å²) in [6.07, 6.45) is 1.61. The second-order valence-corrected chi connectivity index (χ2v) is 9.77. The second-order valence-electron chi connectivity index (χ2n) is 9.77. The van der Waals surface area contributed by atoms with Crippen molar-refractivity contribution < 1.29 is 23.4 Å². The van der Waals surface area contributed by atoms with Crippen LogP contribution >= 0.6 is 0 Å². The molecule has 3 atom stereocenters. The van der Waals surface area contributed by atoms with Crippen molar-refractivity contribution in [1.29, 1.82) is 0 Å². The summed E-state index contributed by atoms with van der Waals surface area (Å²) in [7, 11) is 0. The number of halogens is 1. The number of ketones is 1. The molecule has 2 aromatic rings. The van der Waals surface area contributed by atoms with Gasteiger partial charge in [0.2, 0.25) is 11.9 Å². The van der Waals surface area contributed by atoms with Crippen molar-refractivity contribution in [1.82, 2.24) is 9.80 Å². The van der Waals surface area contributed by atoms with E-state index in [0.717, 1.165) is 51.1 Å². The monoisotopic (exact) mass is 479 g/mol. The zero-order valence-corrected chi connectivity index (χ0v) is 20.3. The van der Waals surface area contributed by atoms with Crippen molar-refractivity contribution >= 4 is 17.4 Å². The van der Waals surface area contributed by atoms with Gasteiger partial charge in [0.1, 0.15) is 5.82 Å². The smallest absolute Gasteiger partial charge is 0.276 e. The van der Waals surface area contributed by atoms with Gasteiger partial charge in [0.25, 0.3) is 5.69 Å². The van der Waals surface area contributed by atoms with Gasteiger partial charge in [-0.2, -0.15) is 0 Å². The van der Waals surface area contributed by atoms with E-state index < -0.39 is 11.5 Å². The molecule has 3 aliphatic rings. The number of azo groups is 2. The maximum Gasteiger partial charge on any atom is 0.276 e. The van der Waals surface area contributed by atoms with Gasteiger partial charge in [-0.3, -0.25) is 14.5 Å². The molecule has 184 valence electrons. The van der Waals surface area contributed by atoms with Crippen molar-refractivity contribution in [3.8, 4) is 5.75 Å². The van der Waals surface area contributed by atoms with Crippen LogP contribution in [0.25, 0.3) is 0 Å². The lowest BCUT2D eigenvalue weighted by Gasteiger charge is -2.37. The first-order chi connectivity index (χ1) is 16.9. The minimum Gasteiger partial charge on any atom is -0.480 e. The Labute approximate surface area is 205 Å². The van der Waals surface area contributed by atoms with E-state index in [9.17, 15) is 14.0 Å². The number of rotatable bonds is 6. The van der Waals surface area contributed by atoms with Crippen LogP contribution in [0.4, 0.5) is 10.1 Å². The molecule has 5 rings (SSSR count). The third-order valence-corrected chi connectivity index (χ3v) is 7.76. The van der Waals surface area contributed by atoms with E-state index in [2.05, 4.69) is 17.0 Å². The molecule has 0 aromatic heterocycles. The van der Waals surface area contributed by atoms with Gasteiger partial charge in [0.05, 0.1) is 11.5 Å². The van der Waals surface area contributed by atoms with Crippen LogP contribution in [0, 0.1) is 5.82 Å². The molecule has 3 heterocycles. The summed E-state index contributed by atoms with van der Waals surface area (Å²) in [5, 5.41) is 4.90. The van der Waals surface area contributed by atoms with Crippen molar-refractivity contribution in [3.05, 3.63) is 59.9 Å². The molecule has 0 N–H and O–H groups in total. The summed E-state index contributed by atoms with van der Waals surface area (Å²) in [5.41, 5.74) is 1.05. The molecule has 0 bridgehead atoms. The van der Waals surface area contributed by atoms with E-state index in [0.29, 0.717) is 18.0 Å². The number of fused-ring (bicyclic) bond motifs is 3. The van der Waals surface area contributed by atoms with Crippen LogP contribution in [-0.2, 0) is 15.0 Å². The molecule has 0 aliphatic carbocycles. The highest BCUT2D eigenvalue weighted by atomic mass is 19.1. The molecule has 35 heavy (non-hydrogen) atoms. The van der Waals surface area contributed by atoms with Gasteiger partial charge in [0, 0.05) is 33.1 Å². The number of hydrogen-bond acceptors (Lipinski definition) is 5. The quantitative estimate of drug-likeness (QED) is 0.595. The Balaban J connectivity index is 1.45. The molecule has 0 spiro atoms. The van der Waals surface area contributed by atoms with E-state index in [1.54, 1.807) is 19.9 Å². The number of piperazine rings is 1. The average Bonchev–Trinajstić information content (AvgIpc) is 3.21. The fraction of sp³-hybridized carbons (Fsp3) is 0.481. The summed E-state index contributed by atoms with van der Waals surface area (Å²) in [6, 6.07) is 13.8. The molecule has 1 amide bonds. The largest absolute Gasteiger partial charge is 0.480 e. The Kier molecular flexibility index (Phi) is 6.40. The highest BCUT2D eigenvalue weighted by Gasteiger charge is 2.63. The molecule has 1 unspecified atom stereocenters. The molecule has 0 saturated carbocycles. The van der Waals surface area contributed by atoms with E-state index in [1.807, 2.05) is 27.8 Å². The van der Waals surface area contributed by atoms with E-state index >= 15 is 0 Å². The molecule has 8 heteroatoms. The van der Waals surface area contributed by atoms with E-state index in [-0.39, 0.29) is 23.5 Å². The average molecular weight is 480 g/mol. The minimum atomic E-state index is -0.585. The van der Waals surface area contributed by atoms with Crippen molar-refractivity contribution in [2.75, 3.05) is 39.3 Å². The van der Waals surface area contributed by atoms with Gasteiger partial charge < -0.3 is 9.64 Å². The van der Waals surface area contributed by atoms with Crippen LogP contribution < -0.4 is 4.74 Å². The molecule has 2 aromatic carbocycles. The lowest BCUT2D eigenvalue weighted by molar-refractivity contribution is -0.553. The molecular formula is C27H32FN4O3+. The molecular weight excluding hydrogens is 447 g/mol. The zero-order valence-electron chi connectivity index (χ0n) is 20.3. The van der Waals surface area contributed by atoms with Crippen LogP contribution in [0.2, 0.25) is 0 Å². The van der Waals surface area contributed by atoms with Crippen LogP contribution in [-0.4, -0.2) is 77.6 Å². The third kappa shape index (κ3) is 4.24. The zero-order chi connectivity index (χ0) is 24.6. The molecule has 3 aliphatic heterocycles. The van der Waals surface area contributed by atoms with Crippen molar-refractivity contribution in [3.63, 3.8) is 0 Å². The first-order valence-corrected chi connectivity index (χ1v) is 12.4. The number of Topliss-reactive ketones (excluding diaryl/α,β-unsaturated/α-hetero) is 1. The Bertz CT molecular complexity index is 1150. The van der Waals surface area contributed by atoms with Crippen molar-refractivity contribution in [2.45, 2.75) is 44.2 Å². The first kappa shape index (κ1) is 23.6. The first-order valence-electron chi connectivity index (χ1n) is 12.4. The predicted octanol–water partition coefficient (Wildman–Crippen LogP) is 3.54. The Morgan fingerprint density at radius 2 is 1.86 bits per heavy atom. The summed E-state index contributed by atoms with van der Waals surface area (Å²) in [4.78, 5) is 29.0. The maximum atomic E-state index is 14.2. The fourth-order valence-corrected chi connectivity index (χ4v) is 5.99. The summed E-state index contributed by atoms with van der Waals surface area (Å²) in [5.74, 6) is 0.348. The Morgan fingerprint density at radius 3 is 2.54 bits per heavy atom. The van der Waals surface area contributed by atoms with Crippen LogP contribution in [0.1, 0.15) is 32.3 Å². The minimum absolute atomic E-state index is 0.00345. The van der Waals surface area contributed by atoms with E-state index in [1.165, 1.54) is 12.1 Å². The van der Waals surface area contributed by atoms with Gasteiger partial charge in [-0.15, -0.1) is 0 Å². The topological polar surface area (TPSA) is 65.2 Å². The van der Waals surface area contributed by atoms with Crippen LogP contribution in [0.15, 0.2) is 53.6 Å². The predicted molar refractivity (Wildman–Crippen MR) is 129 cm³/mol. The lowest BCUT2D eigenvalue weighted by Crippen LogP contribution is -2.53. The molecule has 1 fully saturated rings. The number of amides is 1. The van der Waals surface area contributed by atoms with Gasteiger partial charge in [-0.05, 0) is 49.1 Å². The SMILES string of the molecule is CC(=O)C1N=[N+]2c3cc(F)ccc3OC[C@H]2[C@@]1(CCCN1CCN(C(C)=O)CC1)c1ccccc1. The maximum absolute atomic E-state index is 14.2. The Hall–Kier alpha value is -3.13. The number of benzene rings is 2. The highest BCUT2D eigenvalue weighted by molar-refractivity contribution is 5.84. The number of carbonyl (C=O) groups is 2. The molecule has 0 radical (unpaired) electrons. The van der Waals surface area contributed by atoms with Crippen LogP contribution in [0.3, 0.4) is 0 Å². The molecule has 7 nitrogen and oxygen atoms in total. The van der Waals surface area contributed by atoms with Gasteiger partial charge >= 0.3 is 0 Å².